The Balaban J connectivity index is 1.48. The van der Waals surface area contributed by atoms with Crippen molar-refractivity contribution in [3.63, 3.8) is 0 Å². The third-order valence-corrected chi connectivity index (χ3v) is 5.42. The van der Waals surface area contributed by atoms with Crippen LogP contribution in [0, 0.1) is 5.92 Å². The lowest BCUT2D eigenvalue weighted by Crippen LogP contribution is -2.28. The standard InChI is InChI=1S/C19H18N4OS/c24-18(16-11-21-10-15(16)13-5-2-1-3-6-13)23-19-22-12-17(25-19)14-7-4-8-20-9-14/h1-9,12,15-16,21H,10-11H2,(H,22,23,24)/t15-,16+/m0/s1. The zero-order valence-corrected chi connectivity index (χ0v) is 14.4. The third kappa shape index (κ3) is 3.45. The number of nitrogens with one attached hydrogen (secondary N) is 2. The first-order chi connectivity index (χ1) is 12.3. The molecule has 0 spiro atoms. The first kappa shape index (κ1) is 15.9. The van der Waals surface area contributed by atoms with Crippen molar-refractivity contribution < 1.29 is 4.79 Å². The Kier molecular flexibility index (Phi) is 4.54. The largest absolute Gasteiger partial charge is 0.315 e. The van der Waals surface area contributed by atoms with Gasteiger partial charge in [0.25, 0.3) is 0 Å². The molecule has 4 rings (SSSR count). The van der Waals surface area contributed by atoms with Crippen molar-refractivity contribution in [1.82, 2.24) is 15.3 Å². The number of pyridine rings is 1. The maximum absolute atomic E-state index is 12.7. The van der Waals surface area contributed by atoms with Gasteiger partial charge in [-0.2, -0.15) is 0 Å². The molecule has 2 N–H and O–H groups in total. The first-order valence-corrected chi connectivity index (χ1v) is 9.05. The number of anilines is 1. The lowest BCUT2D eigenvalue weighted by Gasteiger charge is -2.17. The molecule has 1 aliphatic heterocycles. The number of hydrogen-bond donors (Lipinski definition) is 2. The number of aromatic nitrogens is 2. The van der Waals surface area contributed by atoms with Crippen LogP contribution in [0.5, 0.6) is 0 Å². The summed E-state index contributed by atoms with van der Waals surface area (Å²) in [5.74, 6) is 0.123. The number of nitrogens with zero attached hydrogens (tertiary/aromatic N) is 2. The second-order valence-electron chi connectivity index (χ2n) is 6.04. The predicted octanol–water partition coefficient (Wildman–Crippen LogP) is 3.15. The number of rotatable bonds is 4. The van der Waals surface area contributed by atoms with Gasteiger partial charge >= 0.3 is 0 Å². The molecular weight excluding hydrogens is 332 g/mol. The van der Waals surface area contributed by atoms with Crippen molar-refractivity contribution in [3.8, 4) is 10.4 Å². The van der Waals surface area contributed by atoms with Gasteiger partial charge in [-0.3, -0.25) is 9.78 Å². The van der Waals surface area contributed by atoms with E-state index in [0.717, 1.165) is 17.0 Å². The molecule has 5 nitrogen and oxygen atoms in total. The fraction of sp³-hybridized carbons (Fsp3) is 0.211. The summed E-state index contributed by atoms with van der Waals surface area (Å²) in [6.45, 7) is 1.51. The lowest BCUT2D eigenvalue weighted by molar-refractivity contribution is -0.119. The van der Waals surface area contributed by atoms with E-state index >= 15 is 0 Å². The van der Waals surface area contributed by atoms with Gasteiger partial charge in [0.05, 0.1) is 10.8 Å². The maximum Gasteiger partial charge on any atom is 0.231 e. The van der Waals surface area contributed by atoms with E-state index in [1.54, 1.807) is 18.6 Å². The number of amides is 1. The van der Waals surface area contributed by atoms with Gasteiger partial charge in [-0.1, -0.05) is 47.7 Å². The molecule has 1 aromatic carbocycles. The highest BCUT2D eigenvalue weighted by Gasteiger charge is 2.34. The summed E-state index contributed by atoms with van der Waals surface area (Å²) in [5, 5.41) is 6.94. The highest BCUT2D eigenvalue weighted by molar-refractivity contribution is 7.19. The Bertz CT molecular complexity index is 850. The fourth-order valence-electron chi connectivity index (χ4n) is 3.18. The molecule has 3 heterocycles. The number of benzene rings is 1. The van der Waals surface area contributed by atoms with Crippen molar-refractivity contribution in [2.45, 2.75) is 5.92 Å². The lowest BCUT2D eigenvalue weighted by atomic mass is 9.88. The molecule has 25 heavy (non-hydrogen) atoms. The normalized spacial score (nSPS) is 19.7. The molecule has 126 valence electrons. The van der Waals surface area contributed by atoms with Crippen LogP contribution in [-0.2, 0) is 4.79 Å². The summed E-state index contributed by atoms with van der Waals surface area (Å²) in [4.78, 5) is 22.2. The topological polar surface area (TPSA) is 66.9 Å². The van der Waals surface area contributed by atoms with Gasteiger partial charge in [-0.05, 0) is 11.6 Å². The van der Waals surface area contributed by atoms with Gasteiger partial charge in [0.2, 0.25) is 5.91 Å². The van der Waals surface area contributed by atoms with Gasteiger partial charge in [0.1, 0.15) is 0 Å². The highest BCUT2D eigenvalue weighted by Crippen LogP contribution is 2.31. The van der Waals surface area contributed by atoms with Crippen LogP contribution in [0.1, 0.15) is 11.5 Å². The van der Waals surface area contributed by atoms with Crippen molar-refractivity contribution in [2.75, 3.05) is 18.4 Å². The van der Waals surface area contributed by atoms with E-state index in [1.807, 2.05) is 30.3 Å². The van der Waals surface area contributed by atoms with Gasteiger partial charge in [-0.15, -0.1) is 0 Å². The highest BCUT2D eigenvalue weighted by atomic mass is 32.1. The Labute approximate surface area is 150 Å². The monoisotopic (exact) mass is 350 g/mol. The van der Waals surface area contributed by atoms with E-state index < -0.39 is 0 Å². The van der Waals surface area contributed by atoms with Crippen LogP contribution in [-0.4, -0.2) is 29.0 Å². The molecule has 1 fully saturated rings. The first-order valence-electron chi connectivity index (χ1n) is 8.24. The summed E-state index contributed by atoms with van der Waals surface area (Å²) < 4.78 is 0. The number of hydrogen-bond acceptors (Lipinski definition) is 5. The Morgan fingerprint density at radius 1 is 1.12 bits per heavy atom. The minimum absolute atomic E-state index is 0.0194. The van der Waals surface area contributed by atoms with Crippen LogP contribution in [0.4, 0.5) is 5.13 Å². The molecule has 1 aliphatic rings. The summed E-state index contributed by atoms with van der Waals surface area (Å²) in [6.07, 6.45) is 5.31. The Morgan fingerprint density at radius 2 is 2.00 bits per heavy atom. The predicted molar refractivity (Wildman–Crippen MR) is 99.5 cm³/mol. The number of thiazole rings is 1. The molecule has 0 bridgehead atoms. The molecule has 0 aliphatic carbocycles. The minimum Gasteiger partial charge on any atom is -0.315 e. The molecule has 6 heteroatoms. The number of carbonyl (C=O) groups is 1. The maximum atomic E-state index is 12.7. The van der Waals surface area contributed by atoms with E-state index in [4.69, 9.17) is 0 Å². The zero-order chi connectivity index (χ0) is 17.1. The Morgan fingerprint density at radius 3 is 2.80 bits per heavy atom. The van der Waals surface area contributed by atoms with Crippen molar-refractivity contribution in [3.05, 3.63) is 66.6 Å². The van der Waals surface area contributed by atoms with Crippen molar-refractivity contribution in [2.24, 2.45) is 5.92 Å². The summed E-state index contributed by atoms with van der Waals surface area (Å²) in [6, 6.07) is 14.1. The van der Waals surface area contributed by atoms with Crippen LogP contribution in [0.2, 0.25) is 0 Å². The summed E-state index contributed by atoms with van der Waals surface area (Å²) in [5.41, 5.74) is 2.20. The van der Waals surface area contributed by atoms with E-state index in [2.05, 4.69) is 32.7 Å². The third-order valence-electron chi connectivity index (χ3n) is 4.46. The van der Waals surface area contributed by atoms with Crippen LogP contribution in [0.25, 0.3) is 10.4 Å². The minimum atomic E-state index is -0.0897. The molecule has 1 amide bonds. The van der Waals surface area contributed by atoms with Crippen molar-refractivity contribution >= 4 is 22.4 Å². The molecule has 2 aromatic heterocycles. The fourth-order valence-corrected chi connectivity index (χ4v) is 3.99. The summed E-state index contributed by atoms with van der Waals surface area (Å²) >= 11 is 1.47. The Hall–Kier alpha value is -2.57. The van der Waals surface area contributed by atoms with Crippen LogP contribution in [0.3, 0.4) is 0 Å². The zero-order valence-electron chi connectivity index (χ0n) is 13.6. The molecule has 3 aromatic rings. The molecular formula is C19H18N4OS. The van der Waals surface area contributed by atoms with Gasteiger partial charge < -0.3 is 10.6 Å². The average molecular weight is 350 g/mol. The second kappa shape index (κ2) is 7.13. The smallest absolute Gasteiger partial charge is 0.231 e. The second-order valence-corrected chi connectivity index (χ2v) is 7.07. The van der Waals surface area contributed by atoms with Crippen LogP contribution >= 0.6 is 11.3 Å². The molecule has 0 saturated carbocycles. The molecule has 0 unspecified atom stereocenters. The van der Waals surface area contributed by atoms with Gasteiger partial charge in [-0.25, -0.2) is 4.98 Å². The molecule has 1 saturated heterocycles. The summed E-state index contributed by atoms with van der Waals surface area (Å²) in [7, 11) is 0. The van der Waals surface area contributed by atoms with Gasteiger partial charge in [0.15, 0.2) is 5.13 Å². The quantitative estimate of drug-likeness (QED) is 0.759. The van der Waals surface area contributed by atoms with Crippen LogP contribution < -0.4 is 10.6 Å². The van der Waals surface area contributed by atoms with Crippen molar-refractivity contribution in [1.29, 1.82) is 0 Å². The molecule has 0 radical (unpaired) electrons. The van der Waals surface area contributed by atoms with E-state index in [9.17, 15) is 4.79 Å². The average Bonchev–Trinajstić information content (AvgIpc) is 3.33. The van der Waals surface area contributed by atoms with Gasteiger partial charge in [0, 0.05) is 43.2 Å². The van der Waals surface area contributed by atoms with Crippen LogP contribution in [0.15, 0.2) is 61.1 Å². The molecule has 2 atom stereocenters. The van der Waals surface area contributed by atoms with E-state index in [-0.39, 0.29) is 17.7 Å². The number of carbonyl (C=O) groups excluding carboxylic acids is 1. The SMILES string of the molecule is O=C(Nc1ncc(-c2cccnc2)s1)[C@@H]1CNC[C@H]1c1ccccc1. The van der Waals surface area contributed by atoms with E-state index in [1.165, 1.54) is 16.9 Å². The van der Waals surface area contributed by atoms with E-state index in [0.29, 0.717) is 11.7 Å².